The van der Waals surface area contributed by atoms with Gasteiger partial charge >= 0.3 is 0 Å². The van der Waals surface area contributed by atoms with Gasteiger partial charge in [-0.3, -0.25) is 4.90 Å². The molecule has 0 radical (unpaired) electrons. The molecule has 0 aromatic carbocycles. The number of aromatic nitrogens is 2. The maximum Gasteiger partial charge on any atom is 0.122 e. The molecule has 1 aromatic heterocycles. The van der Waals surface area contributed by atoms with Gasteiger partial charge in [0.25, 0.3) is 0 Å². The van der Waals surface area contributed by atoms with Crippen LogP contribution in [0.5, 0.6) is 0 Å². The van der Waals surface area contributed by atoms with Gasteiger partial charge in [-0.1, -0.05) is 6.42 Å². The lowest BCUT2D eigenvalue weighted by Crippen LogP contribution is -2.38. The molecule has 1 fully saturated rings. The zero-order chi connectivity index (χ0) is 11.4. The SMILES string of the molecule is CN(Cc1nccn1C)C1CCCCNC1. The molecule has 2 rings (SSSR count). The minimum Gasteiger partial charge on any atom is -0.337 e. The highest BCUT2D eigenvalue weighted by Crippen LogP contribution is 2.12. The van der Waals surface area contributed by atoms with Crippen molar-refractivity contribution in [1.82, 2.24) is 19.8 Å². The second-order valence-corrected chi connectivity index (χ2v) is 4.72. The number of nitrogens with one attached hydrogen (secondary N) is 1. The van der Waals surface area contributed by atoms with Gasteiger partial charge in [-0.15, -0.1) is 0 Å². The molecule has 4 nitrogen and oxygen atoms in total. The fourth-order valence-electron chi connectivity index (χ4n) is 2.28. The van der Waals surface area contributed by atoms with Gasteiger partial charge in [-0.05, 0) is 26.4 Å². The Morgan fingerprint density at radius 2 is 2.44 bits per heavy atom. The summed E-state index contributed by atoms with van der Waals surface area (Å²) >= 11 is 0. The second kappa shape index (κ2) is 5.46. The quantitative estimate of drug-likeness (QED) is 0.828. The number of imidazole rings is 1. The first-order chi connectivity index (χ1) is 7.77. The molecule has 1 aromatic rings. The summed E-state index contributed by atoms with van der Waals surface area (Å²) in [6.45, 7) is 3.23. The molecular formula is C12H22N4. The minimum atomic E-state index is 0.652. The van der Waals surface area contributed by atoms with Crippen molar-refractivity contribution in [1.29, 1.82) is 0 Å². The highest BCUT2D eigenvalue weighted by atomic mass is 15.2. The maximum atomic E-state index is 4.37. The average Bonchev–Trinajstić information content (AvgIpc) is 2.57. The molecule has 0 spiro atoms. The van der Waals surface area contributed by atoms with E-state index in [1.807, 2.05) is 12.4 Å². The predicted molar refractivity (Wildman–Crippen MR) is 65.2 cm³/mol. The Bertz CT molecular complexity index is 313. The van der Waals surface area contributed by atoms with Crippen LogP contribution in [0.25, 0.3) is 0 Å². The fourth-order valence-corrected chi connectivity index (χ4v) is 2.28. The summed E-state index contributed by atoms with van der Waals surface area (Å²) in [7, 11) is 4.26. The van der Waals surface area contributed by atoms with Crippen molar-refractivity contribution in [2.45, 2.75) is 31.8 Å². The molecule has 0 bridgehead atoms. The summed E-state index contributed by atoms with van der Waals surface area (Å²) in [5, 5.41) is 3.50. The Balaban J connectivity index is 1.91. The molecule has 1 aliphatic rings. The third-order valence-corrected chi connectivity index (χ3v) is 3.46. The molecule has 90 valence electrons. The van der Waals surface area contributed by atoms with Crippen molar-refractivity contribution >= 4 is 0 Å². The Kier molecular flexibility index (Phi) is 3.96. The summed E-state index contributed by atoms with van der Waals surface area (Å²) in [6.07, 6.45) is 7.83. The first kappa shape index (κ1) is 11.6. The summed E-state index contributed by atoms with van der Waals surface area (Å²) < 4.78 is 2.10. The van der Waals surface area contributed by atoms with Gasteiger partial charge in [0.05, 0.1) is 6.54 Å². The minimum absolute atomic E-state index is 0.652. The maximum absolute atomic E-state index is 4.37. The van der Waals surface area contributed by atoms with Crippen LogP contribution in [0, 0.1) is 0 Å². The van der Waals surface area contributed by atoms with E-state index >= 15 is 0 Å². The van der Waals surface area contributed by atoms with Crippen molar-refractivity contribution < 1.29 is 0 Å². The van der Waals surface area contributed by atoms with Crippen LogP contribution >= 0.6 is 0 Å². The average molecular weight is 222 g/mol. The molecule has 1 unspecified atom stereocenters. The third-order valence-electron chi connectivity index (χ3n) is 3.46. The lowest BCUT2D eigenvalue weighted by atomic mass is 10.1. The van der Waals surface area contributed by atoms with E-state index in [2.05, 4.69) is 33.9 Å². The molecule has 1 saturated heterocycles. The predicted octanol–water partition coefficient (Wildman–Crippen LogP) is 0.994. The van der Waals surface area contributed by atoms with Crippen molar-refractivity contribution in [3.05, 3.63) is 18.2 Å². The van der Waals surface area contributed by atoms with Gasteiger partial charge in [0.15, 0.2) is 0 Å². The Morgan fingerprint density at radius 3 is 3.19 bits per heavy atom. The summed E-state index contributed by atoms with van der Waals surface area (Å²) in [5.41, 5.74) is 0. The van der Waals surface area contributed by atoms with Crippen molar-refractivity contribution in [3.8, 4) is 0 Å². The van der Waals surface area contributed by atoms with Crippen LogP contribution in [0.15, 0.2) is 12.4 Å². The summed E-state index contributed by atoms with van der Waals surface area (Å²) in [6, 6.07) is 0.652. The second-order valence-electron chi connectivity index (χ2n) is 4.72. The topological polar surface area (TPSA) is 33.1 Å². The van der Waals surface area contributed by atoms with Gasteiger partial charge in [0, 0.05) is 32.0 Å². The van der Waals surface area contributed by atoms with Gasteiger partial charge in [0.2, 0.25) is 0 Å². The van der Waals surface area contributed by atoms with Crippen LogP contribution in [-0.4, -0.2) is 40.6 Å². The van der Waals surface area contributed by atoms with Gasteiger partial charge in [0.1, 0.15) is 5.82 Å². The molecular weight excluding hydrogens is 200 g/mol. The molecule has 4 heteroatoms. The van der Waals surface area contributed by atoms with Gasteiger partial charge < -0.3 is 9.88 Å². The molecule has 16 heavy (non-hydrogen) atoms. The van der Waals surface area contributed by atoms with Gasteiger partial charge in [-0.2, -0.15) is 0 Å². The first-order valence-electron chi connectivity index (χ1n) is 6.14. The molecule has 0 saturated carbocycles. The van der Waals surface area contributed by atoms with Crippen LogP contribution in [0.2, 0.25) is 0 Å². The van der Waals surface area contributed by atoms with Crippen LogP contribution in [0.1, 0.15) is 25.1 Å². The van der Waals surface area contributed by atoms with Gasteiger partial charge in [-0.25, -0.2) is 4.98 Å². The van der Waals surface area contributed by atoms with E-state index in [4.69, 9.17) is 0 Å². The van der Waals surface area contributed by atoms with Crippen LogP contribution in [0.3, 0.4) is 0 Å². The third kappa shape index (κ3) is 2.83. The highest BCUT2D eigenvalue weighted by Gasteiger charge is 2.17. The molecule has 0 amide bonds. The van der Waals surface area contributed by atoms with E-state index in [9.17, 15) is 0 Å². The normalized spacial score (nSPS) is 22.3. The number of likely N-dealkylation sites (N-methyl/N-ethyl adjacent to an activating group) is 1. The molecule has 0 aliphatic carbocycles. The summed E-state index contributed by atoms with van der Waals surface area (Å²) in [4.78, 5) is 6.79. The van der Waals surface area contributed by atoms with Crippen LogP contribution in [-0.2, 0) is 13.6 Å². The van der Waals surface area contributed by atoms with Crippen molar-refractivity contribution in [2.75, 3.05) is 20.1 Å². The van der Waals surface area contributed by atoms with E-state index in [0.29, 0.717) is 6.04 Å². The zero-order valence-electron chi connectivity index (χ0n) is 10.3. The molecule has 2 heterocycles. The highest BCUT2D eigenvalue weighted by molar-refractivity contribution is 4.91. The number of aryl methyl sites for hydroxylation is 1. The Hall–Kier alpha value is -0.870. The Labute approximate surface area is 97.7 Å². The van der Waals surface area contributed by atoms with E-state index in [0.717, 1.165) is 18.9 Å². The number of hydrogen-bond acceptors (Lipinski definition) is 3. The largest absolute Gasteiger partial charge is 0.337 e. The van der Waals surface area contributed by atoms with E-state index < -0.39 is 0 Å². The lowest BCUT2D eigenvalue weighted by molar-refractivity contribution is 0.216. The zero-order valence-corrected chi connectivity index (χ0v) is 10.3. The van der Waals surface area contributed by atoms with E-state index in [1.54, 1.807) is 0 Å². The summed E-state index contributed by atoms with van der Waals surface area (Å²) in [5.74, 6) is 1.15. The van der Waals surface area contributed by atoms with Crippen LogP contribution in [0.4, 0.5) is 0 Å². The van der Waals surface area contributed by atoms with E-state index in [1.165, 1.54) is 25.8 Å². The lowest BCUT2D eigenvalue weighted by Gasteiger charge is -2.26. The van der Waals surface area contributed by atoms with Crippen LogP contribution < -0.4 is 5.32 Å². The molecule has 1 N–H and O–H groups in total. The number of nitrogens with zero attached hydrogens (tertiary/aromatic N) is 3. The molecule has 1 atom stereocenters. The van der Waals surface area contributed by atoms with Crippen molar-refractivity contribution in [3.63, 3.8) is 0 Å². The fraction of sp³-hybridized carbons (Fsp3) is 0.750. The monoisotopic (exact) mass is 222 g/mol. The number of hydrogen-bond donors (Lipinski definition) is 1. The standard InChI is InChI=1S/C12H22N4/c1-15-8-7-14-12(15)10-16(2)11-5-3-4-6-13-9-11/h7-8,11,13H,3-6,9-10H2,1-2H3. The van der Waals surface area contributed by atoms with E-state index in [-0.39, 0.29) is 0 Å². The number of rotatable bonds is 3. The smallest absolute Gasteiger partial charge is 0.122 e. The van der Waals surface area contributed by atoms with Crippen molar-refractivity contribution in [2.24, 2.45) is 7.05 Å². The Morgan fingerprint density at radius 1 is 1.56 bits per heavy atom. The molecule has 1 aliphatic heterocycles. The first-order valence-corrected chi connectivity index (χ1v) is 6.14.